The van der Waals surface area contributed by atoms with Crippen LogP contribution in [-0.2, 0) is 0 Å². The molecule has 100 valence electrons. The number of nitrogens with one attached hydrogen (secondary N) is 1. The highest BCUT2D eigenvalue weighted by atomic mass is 28.3. The summed E-state index contributed by atoms with van der Waals surface area (Å²) in [5, 5.41) is 15.1. The van der Waals surface area contributed by atoms with Crippen molar-refractivity contribution in [2.24, 2.45) is 0 Å². The molecule has 0 fully saturated rings. The number of rotatable bonds is 6. The summed E-state index contributed by atoms with van der Waals surface area (Å²) in [5.41, 5.74) is 0. The van der Waals surface area contributed by atoms with Crippen LogP contribution in [0.1, 0.15) is 19.8 Å². The third-order valence-corrected chi connectivity index (χ3v) is 7.75. The maximum atomic E-state index is 9.92. The fourth-order valence-electron chi connectivity index (χ4n) is 2.53. The predicted octanol–water partition coefficient (Wildman–Crippen LogP) is 2.53. The van der Waals surface area contributed by atoms with Crippen LogP contribution in [0.15, 0.2) is 60.7 Å². The lowest BCUT2D eigenvalue weighted by atomic mass is 10.4. The van der Waals surface area contributed by atoms with Crippen molar-refractivity contribution >= 4 is 18.6 Å². The quantitative estimate of drug-likeness (QED) is 0.625. The van der Waals surface area contributed by atoms with Crippen molar-refractivity contribution in [3.63, 3.8) is 0 Å². The Balaban J connectivity index is 2.48. The van der Waals surface area contributed by atoms with Gasteiger partial charge in [-0.15, -0.1) is 0 Å². The van der Waals surface area contributed by atoms with Crippen LogP contribution in [0.2, 0.25) is 6.04 Å². The van der Waals surface area contributed by atoms with Crippen LogP contribution in [-0.4, -0.2) is 13.4 Å². The molecule has 0 unspecified atom stereocenters. The second-order valence-electron chi connectivity index (χ2n) is 4.85. The van der Waals surface area contributed by atoms with Crippen molar-refractivity contribution in [1.82, 2.24) is 5.15 Å². The summed E-state index contributed by atoms with van der Waals surface area (Å²) >= 11 is 0. The minimum atomic E-state index is -2.24. The van der Waals surface area contributed by atoms with Crippen molar-refractivity contribution in [3.05, 3.63) is 60.7 Å². The molecule has 0 aliphatic heterocycles. The first-order valence-electron chi connectivity index (χ1n) is 6.86. The molecule has 0 heterocycles. The Hall–Kier alpha value is -1.42. The second-order valence-corrected chi connectivity index (χ2v) is 8.54. The maximum Gasteiger partial charge on any atom is 0.217 e. The van der Waals surface area contributed by atoms with E-state index in [1.54, 1.807) is 0 Å². The Morgan fingerprint density at radius 3 is 1.74 bits per heavy atom. The highest BCUT2D eigenvalue weighted by molar-refractivity contribution is 7.00. The molecule has 0 atom stereocenters. The molecule has 0 radical (unpaired) electrons. The van der Waals surface area contributed by atoms with Gasteiger partial charge in [-0.2, -0.15) is 0 Å². The van der Waals surface area contributed by atoms with E-state index in [1.807, 2.05) is 36.4 Å². The highest BCUT2D eigenvalue weighted by Gasteiger charge is 2.36. The normalized spacial score (nSPS) is 11.5. The van der Waals surface area contributed by atoms with Gasteiger partial charge in [0, 0.05) is 0 Å². The van der Waals surface area contributed by atoms with Gasteiger partial charge in [-0.25, -0.2) is 5.15 Å². The summed E-state index contributed by atoms with van der Waals surface area (Å²) < 4.78 is 0. The molecule has 0 saturated heterocycles. The molecule has 2 aromatic rings. The van der Waals surface area contributed by atoms with Crippen LogP contribution in [0.4, 0.5) is 0 Å². The van der Waals surface area contributed by atoms with Crippen molar-refractivity contribution < 1.29 is 5.21 Å². The van der Waals surface area contributed by atoms with Gasteiger partial charge in [-0.05, 0) is 16.4 Å². The molecule has 2 N–H and O–H groups in total. The van der Waals surface area contributed by atoms with E-state index in [-0.39, 0.29) is 0 Å². The van der Waals surface area contributed by atoms with Crippen LogP contribution in [0.25, 0.3) is 0 Å². The van der Waals surface area contributed by atoms with Crippen molar-refractivity contribution in [2.75, 3.05) is 0 Å². The monoisotopic (exact) mass is 271 g/mol. The number of hydrogen-bond donors (Lipinski definition) is 2. The fourth-order valence-corrected chi connectivity index (χ4v) is 6.22. The molecule has 0 bridgehead atoms. The summed E-state index contributed by atoms with van der Waals surface area (Å²) in [4.78, 5) is 0. The summed E-state index contributed by atoms with van der Waals surface area (Å²) in [6.07, 6.45) is 2.25. The minimum absolute atomic E-state index is 1.01. The molecule has 3 heteroatoms. The molecule has 19 heavy (non-hydrogen) atoms. The standard InChI is InChI=1S/C16H21NOSi/c1-2-3-14-19(17-18,15-10-6-4-7-11-15)16-12-8-5-9-13-16/h4-13,17-18H,2-3,14H2,1H3. The zero-order chi connectivity index (χ0) is 13.6. The molecule has 2 aromatic carbocycles. The van der Waals surface area contributed by atoms with Gasteiger partial charge in [0.2, 0.25) is 8.24 Å². The molecule has 0 spiro atoms. The lowest BCUT2D eigenvalue weighted by Gasteiger charge is -2.30. The van der Waals surface area contributed by atoms with E-state index in [4.69, 9.17) is 0 Å². The molecule has 2 nitrogen and oxygen atoms in total. The lowest BCUT2D eigenvalue weighted by Crippen LogP contribution is -2.67. The van der Waals surface area contributed by atoms with Gasteiger partial charge < -0.3 is 5.21 Å². The Labute approximate surface area is 116 Å². The minimum Gasteiger partial charge on any atom is -0.323 e. The van der Waals surface area contributed by atoms with Gasteiger partial charge in [-0.1, -0.05) is 80.4 Å². The van der Waals surface area contributed by atoms with E-state index in [0.29, 0.717) is 0 Å². The van der Waals surface area contributed by atoms with Crippen LogP contribution in [0.5, 0.6) is 0 Å². The summed E-state index contributed by atoms with van der Waals surface area (Å²) in [5.74, 6) is 0. The summed E-state index contributed by atoms with van der Waals surface area (Å²) in [7, 11) is -2.24. The molecular formula is C16H21NOSi. The van der Waals surface area contributed by atoms with E-state index in [1.165, 1.54) is 10.4 Å². The molecule has 0 aliphatic rings. The van der Waals surface area contributed by atoms with E-state index in [9.17, 15) is 5.21 Å². The first kappa shape index (κ1) is 14.0. The van der Waals surface area contributed by atoms with Crippen molar-refractivity contribution in [2.45, 2.75) is 25.8 Å². The average Bonchev–Trinajstić information content (AvgIpc) is 2.51. The molecule has 2 rings (SSSR count). The van der Waals surface area contributed by atoms with Gasteiger partial charge in [0.25, 0.3) is 0 Å². The Morgan fingerprint density at radius 1 is 0.895 bits per heavy atom. The third kappa shape index (κ3) is 2.95. The van der Waals surface area contributed by atoms with Crippen LogP contribution in [0.3, 0.4) is 0 Å². The van der Waals surface area contributed by atoms with Gasteiger partial charge in [0.1, 0.15) is 0 Å². The van der Waals surface area contributed by atoms with Crippen LogP contribution < -0.4 is 15.5 Å². The van der Waals surface area contributed by atoms with Gasteiger partial charge >= 0.3 is 0 Å². The van der Waals surface area contributed by atoms with Gasteiger partial charge in [-0.3, -0.25) is 0 Å². The Morgan fingerprint density at radius 2 is 1.37 bits per heavy atom. The molecule has 0 aromatic heterocycles. The highest BCUT2D eigenvalue weighted by Crippen LogP contribution is 2.12. The molecule has 0 amide bonds. The molecular weight excluding hydrogens is 250 g/mol. The maximum absolute atomic E-state index is 9.92. The van der Waals surface area contributed by atoms with E-state index < -0.39 is 8.24 Å². The van der Waals surface area contributed by atoms with Crippen LogP contribution >= 0.6 is 0 Å². The first-order chi connectivity index (χ1) is 9.33. The fraction of sp³-hybridized carbons (Fsp3) is 0.250. The Bertz CT molecular complexity index is 447. The summed E-state index contributed by atoms with van der Waals surface area (Å²) in [6, 6.07) is 21.7. The van der Waals surface area contributed by atoms with Gasteiger partial charge in [0.05, 0.1) is 0 Å². The second kappa shape index (κ2) is 6.66. The summed E-state index contributed by atoms with van der Waals surface area (Å²) in [6.45, 7) is 2.19. The zero-order valence-electron chi connectivity index (χ0n) is 11.3. The third-order valence-electron chi connectivity index (χ3n) is 3.63. The number of hydrogen-bond acceptors (Lipinski definition) is 2. The zero-order valence-corrected chi connectivity index (χ0v) is 12.3. The first-order valence-corrected chi connectivity index (χ1v) is 9.06. The lowest BCUT2D eigenvalue weighted by molar-refractivity contribution is 0.238. The van der Waals surface area contributed by atoms with E-state index in [2.05, 4.69) is 36.3 Å². The molecule has 0 saturated carbocycles. The molecule has 0 aliphatic carbocycles. The van der Waals surface area contributed by atoms with E-state index in [0.717, 1.165) is 18.9 Å². The SMILES string of the molecule is CCCC[Si](NO)(c1ccccc1)c1ccccc1. The number of unbranched alkanes of at least 4 members (excludes halogenated alkanes) is 1. The largest absolute Gasteiger partial charge is 0.323 e. The van der Waals surface area contributed by atoms with Gasteiger partial charge in [0.15, 0.2) is 0 Å². The predicted molar refractivity (Wildman–Crippen MR) is 82.5 cm³/mol. The van der Waals surface area contributed by atoms with E-state index >= 15 is 0 Å². The average molecular weight is 271 g/mol. The number of benzene rings is 2. The Kier molecular flexibility index (Phi) is 4.91. The van der Waals surface area contributed by atoms with Crippen LogP contribution in [0, 0.1) is 0 Å². The van der Waals surface area contributed by atoms with Crippen molar-refractivity contribution in [3.8, 4) is 0 Å². The topological polar surface area (TPSA) is 32.3 Å². The van der Waals surface area contributed by atoms with Crippen molar-refractivity contribution in [1.29, 1.82) is 0 Å². The smallest absolute Gasteiger partial charge is 0.217 e.